The van der Waals surface area contributed by atoms with Gasteiger partial charge in [-0.1, -0.05) is 15.9 Å². The molecule has 0 saturated heterocycles. The Morgan fingerprint density at radius 3 is 2.74 bits per heavy atom. The Morgan fingerprint density at radius 1 is 1.21 bits per heavy atom. The number of hydrogen-bond acceptors (Lipinski definition) is 4. The summed E-state index contributed by atoms with van der Waals surface area (Å²) in [4.78, 5) is 0. The molecule has 0 radical (unpaired) electrons. The summed E-state index contributed by atoms with van der Waals surface area (Å²) in [5, 5.41) is 15.2. The van der Waals surface area contributed by atoms with Crippen LogP contribution in [0.4, 0.5) is 0 Å². The predicted molar refractivity (Wildman–Crippen MR) is 81.6 cm³/mol. The van der Waals surface area contributed by atoms with Crippen molar-refractivity contribution in [2.45, 2.75) is 19.9 Å². The number of halogens is 1. The number of ether oxygens (including phenoxy) is 1. The minimum absolute atomic E-state index is 0.198. The Bertz CT molecular complexity index is 361. The van der Waals surface area contributed by atoms with Crippen LogP contribution in [0.1, 0.15) is 18.9 Å². The first-order chi connectivity index (χ1) is 9.27. The van der Waals surface area contributed by atoms with Gasteiger partial charge >= 0.3 is 0 Å². The highest BCUT2D eigenvalue weighted by atomic mass is 79.9. The number of hydrogen-bond donors (Lipinski definition) is 3. The molecule has 1 aromatic rings. The van der Waals surface area contributed by atoms with Gasteiger partial charge in [-0.05, 0) is 44.6 Å². The third kappa shape index (κ3) is 6.92. The zero-order chi connectivity index (χ0) is 13.9. The first kappa shape index (κ1) is 16.4. The van der Waals surface area contributed by atoms with E-state index in [0.717, 1.165) is 36.3 Å². The molecule has 0 aliphatic carbocycles. The lowest BCUT2D eigenvalue weighted by atomic mass is 10.2. The third-order valence-corrected chi connectivity index (χ3v) is 3.13. The van der Waals surface area contributed by atoms with Gasteiger partial charge in [0.05, 0.1) is 13.2 Å². The summed E-state index contributed by atoms with van der Waals surface area (Å²) in [7, 11) is 0. The van der Waals surface area contributed by atoms with E-state index in [-0.39, 0.29) is 6.61 Å². The Morgan fingerprint density at radius 2 is 2.00 bits per heavy atom. The second-order valence-electron chi connectivity index (χ2n) is 4.19. The van der Waals surface area contributed by atoms with Crippen molar-refractivity contribution in [3.05, 3.63) is 28.2 Å². The molecule has 0 aliphatic rings. The molecule has 0 fully saturated rings. The monoisotopic (exact) mass is 330 g/mol. The van der Waals surface area contributed by atoms with E-state index in [0.29, 0.717) is 13.2 Å². The van der Waals surface area contributed by atoms with E-state index in [4.69, 9.17) is 9.84 Å². The minimum atomic E-state index is 0.198. The van der Waals surface area contributed by atoms with Gasteiger partial charge in [0.2, 0.25) is 0 Å². The summed E-state index contributed by atoms with van der Waals surface area (Å²) in [6, 6.07) is 6.07. The highest BCUT2D eigenvalue weighted by Crippen LogP contribution is 2.23. The number of nitrogens with one attached hydrogen (secondary N) is 2. The number of rotatable bonds is 10. The quantitative estimate of drug-likeness (QED) is 0.574. The first-order valence-corrected chi connectivity index (χ1v) is 7.50. The Kier molecular flexibility index (Phi) is 8.82. The average Bonchev–Trinajstić information content (AvgIpc) is 2.41. The van der Waals surface area contributed by atoms with Crippen LogP contribution in [0.25, 0.3) is 0 Å². The van der Waals surface area contributed by atoms with Crippen molar-refractivity contribution in [2.75, 3.05) is 32.8 Å². The molecule has 0 unspecified atom stereocenters. The van der Waals surface area contributed by atoms with Crippen LogP contribution in [-0.4, -0.2) is 38.0 Å². The van der Waals surface area contributed by atoms with E-state index < -0.39 is 0 Å². The fourth-order valence-corrected chi connectivity index (χ4v) is 2.16. The van der Waals surface area contributed by atoms with Crippen LogP contribution < -0.4 is 15.4 Å². The van der Waals surface area contributed by atoms with E-state index in [9.17, 15) is 0 Å². The van der Waals surface area contributed by atoms with Crippen molar-refractivity contribution < 1.29 is 9.84 Å². The summed E-state index contributed by atoms with van der Waals surface area (Å²) in [6.07, 6.45) is 1.04. The molecule has 3 N–H and O–H groups in total. The lowest BCUT2D eigenvalue weighted by molar-refractivity contribution is 0.292. The molecule has 108 valence electrons. The van der Waals surface area contributed by atoms with Crippen molar-refractivity contribution in [1.29, 1.82) is 0 Å². The SMILES string of the molecule is CCOc1ccc(Br)cc1CNCCCNCCO. The molecule has 0 spiro atoms. The molecule has 0 heterocycles. The zero-order valence-corrected chi connectivity index (χ0v) is 13.0. The van der Waals surface area contributed by atoms with E-state index >= 15 is 0 Å². The van der Waals surface area contributed by atoms with Crippen molar-refractivity contribution >= 4 is 15.9 Å². The van der Waals surface area contributed by atoms with E-state index in [1.54, 1.807) is 0 Å². The van der Waals surface area contributed by atoms with Crippen LogP contribution in [0, 0.1) is 0 Å². The van der Waals surface area contributed by atoms with Crippen LogP contribution in [0.15, 0.2) is 22.7 Å². The van der Waals surface area contributed by atoms with Crippen LogP contribution in [0.2, 0.25) is 0 Å². The summed E-state index contributed by atoms with van der Waals surface area (Å²) in [5.74, 6) is 0.941. The number of aliphatic hydroxyl groups excluding tert-OH is 1. The lowest BCUT2D eigenvalue weighted by Crippen LogP contribution is -2.24. The molecule has 1 rings (SSSR count). The van der Waals surface area contributed by atoms with Crippen molar-refractivity contribution in [3.63, 3.8) is 0 Å². The molecule has 1 aromatic carbocycles. The largest absolute Gasteiger partial charge is 0.494 e. The molecular formula is C14H23BrN2O2. The van der Waals surface area contributed by atoms with Crippen LogP contribution in [0.5, 0.6) is 5.75 Å². The van der Waals surface area contributed by atoms with Crippen molar-refractivity contribution in [1.82, 2.24) is 10.6 Å². The van der Waals surface area contributed by atoms with Gasteiger partial charge in [-0.3, -0.25) is 0 Å². The van der Waals surface area contributed by atoms with E-state index in [2.05, 4.69) is 32.6 Å². The summed E-state index contributed by atoms with van der Waals surface area (Å²) in [6.45, 7) is 6.20. The second-order valence-corrected chi connectivity index (χ2v) is 5.10. The second kappa shape index (κ2) is 10.2. The van der Waals surface area contributed by atoms with Gasteiger partial charge in [0.1, 0.15) is 5.75 Å². The van der Waals surface area contributed by atoms with Crippen LogP contribution >= 0.6 is 15.9 Å². The maximum atomic E-state index is 8.63. The molecule has 0 atom stereocenters. The zero-order valence-electron chi connectivity index (χ0n) is 11.4. The third-order valence-electron chi connectivity index (χ3n) is 2.63. The first-order valence-electron chi connectivity index (χ1n) is 6.71. The summed E-state index contributed by atoms with van der Waals surface area (Å²) in [5.41, 5.74) is 1.17. The Balaban J connectivity index is 2.29. The van der Waals surface area contributed by atoms with Crippen LogP contribution in [0.3, 0.4) is 0 Å². The molecule has 0 bridgehead atoms. The lowest BCUT2D eigenvalue weighted by Gasteiger charge is -2.11. The number of benzene rings is 1. The summed E-state index contributed by atoms with van der Waals surface area (Å²) < 4.78 is 6.67. The Labute approximate surface area is 123 Å². The molecule has 0 amide bonds. The molecule has 19 heavy (non-hydrogen) atoms. The van der Waals surface area contributed by atoms with E-state index in [1.165, 1.54) is 5.56 Å². The maximum absolute atomic E-state index is 8.63. The molecular weight excluding hydrogens is 308 g/mol. The van der Waals surface area contributed by atoms with Gasteiger partial charge in [-0.25, -0.2) is 0 Å². The molecule has 5 heteroatoms. The highest BCUT2D eigenvalue weighted by molar-refractivity contribution is 9.10. The van der Waals surface area contributed by atoms with Gasteiger partial charge in [-0.2, -0.15) is 0 Å². The normalized spacial score (nSPS) is 10.7. The maximum Gasteiger partial charge on any atom is 0.123 e. The van der Waals surface area contributed by atoms with Crippen molar-refractivity contribution in [3.8, 4) is 5.75 Å². The predicted octanol–water partition coefficient (Wildman–Crippen LogP) is 1.91. The fraction of sp³-hybridized carbons (Fsp3) is 0.571. The molecule has 0 aromatic heterocycles. The minimum Gasteiger partial charge on any atom is -0.494 e. The topological polar surface area (TPSA) is 53.5 Å². The van der Waals surface area contributed by atoms with Gasteiger partial charge in [0.15, 0.2) is 0 Å². The van der Waals surface area contributed by atoms with Crippen LogP contribution in [-0.2, 0) is 6.54 Å². The van der Waals surface area contributed by atoms with Gasteiger partial charge < -0.3 is 20.5 Å². The molecule has 0 saturated carbocycles. The average molecular weight is 331 g/mol. The molecule has 0 aliphatic heterocycles. The van der Waals surface area contributed by atoms with Gasteiger partial charge in [0, 0.05) is 23.1 Å². The smallest absolute Gasteiger partial charge is 0.123 e. The van der Waals surface area contributed by atoms with Gasteiger partial charge in [0.25, 0.3) is 0 Å². The number of aliphatic hydroxyl groups is 1. The van der Waals surface area contributed by atoms with Gasteiger partial charge in [-0.15, -0.1) is 0 Å². The highest BCUT2D eigenvalue weighted by Gasteiger charge is 2.03. The van der Waals surface area contributed by atoms with E-state index in [1.807, 2.05) is 19.1 Å². The fourth-order valence-electron chi connectivity index (χ4n) is 1.75. The molecule has 4 nitrogen and oxygen atoms in total. The standard InChI is InChI=1S/C14H23BrN2O2/c1-2-19-14-5-4-13(15)10-12(14)11-17-7-3-6-16-8-9-18/h4-5,10,16-18H,2-3,6-9,11H2,1H3. The Hall–Kier alpha value is -0.620. The van der Waals surface area contributed by atoms with Crippen molar-refractivity contribution in [2.24, 2.45) is 0 Å². The summed E-state index contributed by atoms with van der Waals surface area (Å²) >= 11 is 3.48.